The number of aromatic nitrogens is 2. The molecule has 1 aromatic carbocycles. The molecule has 3 N–H and O–H groups in total. The first-order valence-electron chi connectivity index (χ1n) is 26.5. The number of hydrogen-bond acceptors (Lipinski definition) is 12. The van der Waals surface area contributed by atoms with E-state index in [1.54, 1.807) is 63.7 Å². The van der Waals surface area contributed by atoms with E-state index in [9.17, 15) is 29.1 Å². The van der Waals surface area contributed by atoms with Gasteiger partial charge in [0.15, 0.2) is 21.8 Å². The van der Waals surface area contributed by atoms with Gasteiger partial charge in [0, 0.05) is 59.1 Å². The smallest absolute Gasteiger partial charge is 0.245 e. The lowest BCUT2D eigenvalue weighted by Crippen LogP contribution is -2.60. The van der Waals surface area contributed by atoms with Crippen LogP contribution in [0.4, 0.5) is 0 Å². The van der Waals surface area contributed by atoms with E-state index in [2.05, 4.69) is 46.8 Å². The quantitative estimate of drug-likeness (QED) is 0.0298. The number of methoxy groups -OCH3 is 2. The van der Waals surface area contributed by atoms with Gasteiger partial charge in [-0.15, -0.1) is 0 Å². The van der Waals surface area contributed by atoms with E-state index in [0.717, 1.165) is 35.0 Å². The molecule has 19 heteroatoms. The van der Waals surface area contributed by atoms with Crippen LogP contribution in [0.3, 0.4) is 0 Å². The summed E-state index contributed by atoms with van der Waals surface area (Å²) in [7, 11) is 2.43. The summed E-state index contributed by atoms with van der Waals surface area (Å²) in [4.78, 5) is 84.6. The van der Waals surface area contributed by atoms with E-state index in [-0.39, 0.29) is 53.8 Å². The molecule has 2 heterocycles. The molecule has 5 amide bonds. The van der Waals surface area contributed by atoms with E-state index in [1.807, 2.05) is 91.2 Å². The summed E-state index contributed by atoms with van der Waals surface area (Å²) >= 11 is 1.64. The fraction of sp³-hybridized carbons (Fsp3) is 0.722. The van der Waals surface area contributed by atoms with E-state index >= 15 is 0 Å². The van der Waals surface area contributed by atoms with Crippen LogP contribution in [-0.2, 0) is 37.6 Å². The maximum atomic E-state index is 14.7. The molecule has 0 unspecified atom stereocenters. The number of hydrogen-bond donors (Lipinski definition) is 3. The predicted octanol–water partition coefficient (Wildman–Crippen LogP) is 7.80. The zero-order valence-corrected chi connectivity index (χ0v) is 50.2. The maximum Gasteiger partial charge on any atom is 0.245 e. The number of aryl methyl sites for hydroxylation is 1. The number of aliphatic hydroxyl groups is 1. The topological polar surface area (TPSA) is 193 Å². The molecule has 0 spiro atoms. The summed E-state index contributed by atoms with van der Waals surface area (Å²) in [6, 6.07) is 6.88. The molecule has 0 aliphatic carbocycles. The summed E-state index contributed by atoms with van der Waals surface area (Å²) < 4.78 is 18.9. The van der Waals surface area contributed by atoms with Crippen molar-refractivity contribution >= 4 is 57.9 Å². The SMILES string of the molecule is CC[C@@H](C)[C@H]([C@H](CC(=O)N1CCC[C@@H]1[C@@H](OC)[C@H](C)C(=O)N[C@@H](C)[C@H](O)c1ccccc1)OC)N(C)C(=O)[C@H](NC(=O)[C@@H](C(C)C)N(C)C(=O)CCCC[Si](C)(C)O[Si](C)(C)CSc1ncc(C)cn1)C(C)C. The maximum absolute atomic E-state index is 14.7. The van der Waals surface area contributed by atoms with Gasteiger partial charge in [-0.2, -0.15) is 0 Å². The van der Waals surface area contributed by atoms with Crippen LogP contribution in [0.5, 0.6) is 0 Å². The number of rotatable bonds is 30. The van der Waals surface area contributed by atoms with Gasteiger partial charge in [0.05, 0.1) is 48.8 Å². The Labute approximate surface area is 444 Å². The van der Waals surface area contributed by atoms with Crippen molar-refractivity contribution in [1.82, 2.24) is 35.3 Å². The normalized spacial score (nSPS) is 18.0. The number of nitrogens with zero attached hydrogens (tertiary/aromatic N) is 5. The van der Waals surface area contributed by atoms with Gasteiger partial charge < -0.3 is 44.0 Å². The molecule has 16 nitrogen and oxygen atoms in total. The number of carbonyl (C=O) groups is 5. The molecule has 2 aromatic rings. The Hall–Kier alpha value is -3.73. The molecule has 3 rings (SSSR count). The number of thioether (sulfide) groups is 1. The number of benzene rings is 1. The zero-order valence-electron chi connectivity index (χ0n) is 47.4. The lowest BCUT2D eigenvalue weighted by Gasteiger charge is -2.41. The van der Waals surface area contributed by atoms with Crippen LogP contribution >= 0.6 is 11.8 Å². The van der Waals surface area contributed by atoms with Crippen LogP contribution in [0.15, 0.2) is 47.9 Å². The van der Waals surface area contributed by atoms with E-state index in [1.165, 1.54) is 4.90 Å². The Bertz CT molecular complexity index is 2050. The highest BCUT2D eigenvalue weighted by molar-refractivity contribution is 8.00. The average Bonchev–Trinajstić information content (AvgIpc) is 3.83. The fourth-order valence-corrected chi connectivity index (χ4v) is 20.7. The largest absolute Gasteiger partial charge is 0.455 e. The molecule has 1 aromatic heterocycles. The Morgan fingerprint density at radius 2 is 1.49 bits per heavy atom. The first-order chi connectivity index (χ1) is 34.2. The molecule has 1 aliphatic heterocycles. The summed E-state index contributed by atoms with van der Waals surface area (Å²) in [6.07, 6.45) is 5.30. The number of nitrogens with one attached hydrogen (secondary N) is 2. The molecule has 0 bridgehead atoms. The highest BCUT2D eigenvalue weighted by Gasteiger charge is 2.44. The third kappa shape index (κ3) is 18.8. The number of unbranched alkanes of at least 4 members (excludes halogenated alkanes) is 1. The van der Waals surface area contributed by atoms with Crippen molar-refractivity contribution in [1.29, 1.82) is 0 Å². The number of carbonyl (C=O) groups excluding carboxylic acids is 5. The molecule has 412 valence electrons. The average molecular weight is 1070 g/mol. The van der Waals surface area contributed by atoms with Gasteiger partial charge in [-0.25, -0.2) is 9.97 Å². The standard InChI is InChI=1S/C54H93N7O9SSi2/c1-18-38(7)48(43(68-12)31-45(63)61-29-24-27-42(61)50(69-13)39(8)51(65)57-40(9)49(64)41-25-20-19-21-26-41)60(11)53(67)46(35(2)3)58-52(66)47(36(4)5)59(10)44(62)28-22-23-30-72(14,15)70-73(16,17)34-71-54-55-32-37(6)33-56-54/h19-21,25-26,32-33,35-36,38-40,42-43,46-50,64H,18,22-24,27-31,34H2,1-17H3,(H,57,65)(H,58,66)/t38-,39+,40+,42-,43+,46-,47-,48-,49+,50+/m1/s1. The van der Waals surface area contributed by atoms with Gasteiger partial charge in [0.25, 0.3) is 0 Å². The molecule has 0 radical (unpaired) electrons. The van der Waals surface area contributed by atoms with E-state index in [4.69, 9.17) is 13.6 Å². The second-order valence-electron chi connectivity index (χ2n) is 22.3. The number of aliphatic hydroxyl groups excluding tert-OH is 1. The molecular formula is C54H93N7O9SSi2. The number of ether oxygens (including phenoxy) is 2. The summed E-state index contributed by atoms with van der Waals surface area (Å²) in [5, 5.41) is 18.6. The Morgan fingerprint density at radius 1 is 0.863 bits per heavy atom. The van der Waals surface area contributed by atoms with Crippen molar-refractivity contribution in [2.45, 2.75) is 193 Å². The van der Waals surface area contributed by atoms with Crippen LogP contribution in [0, 0.1) is 30.6 Å². The van der Waals surface area contributed by atoms with Crippen molar-refractivity contribution in [3.8, 4) is 0 Å². The lowest BCUT2D eigenvalue weighted by molar-refractivity contribution is -0.148. The van der Waals surface area contributed by atoms with Gasteiger partial charge in [-0.05, 0) is 94.2 Å². The summed E-state index contributed by atoms with van der Waals surface area (Å²) in [5.74, 6) is -2.56. The lowest BCUT2D eigenvalue weighted by atomic mass is 9.89. The Kier molecular flexibility index (Phi) is 25.7. The molecule has 1 fully saturated rings. The van der Waals surface area contributed by atoms with Crippen molar-refractivity contribution < 1.29 is 42.7 Å². The third-order valence-corrected chi connectivity index (χ3v) is 24.3. The summed E-state index contributed by atoms with van der Waals surface area (Å²) in [6.45, 7) is 26.6. The highest BCUT2D eigenvalue weighted by atomic mass is 32.2. The first kappa shape index (κ1) is 63.6. The molecular weight excluding hydrogens is 979 g/mol. The molecule has 1 saturated heterocycles. The van der Waals surface area contributed by atoms with Crippen molar-refractivity contribution in [2.75, 3.05) is 40.2 Å². The van der Waals surface area contributed by atoms with Gasteiger partial charge in [0.2, 0.25) is 29.5 Å². The fourth-order valence-electron chi connectivity index (χ4n) is 10.3. The van der Waals surface area contributed by atoms with Crippen molar-refractivity contribution in [3.05, 3.63) is 53.9 Å². The summed E-state index contributed by atoms with van der Waals surface area (Å²) in [5.41, 5.74) is 1.73. The monoisotopic (exact) mass is 1070 g/mol. The molecule has 1 aliphatic rings. The van der Waals surface area contributed by atoms with Crippen LogP contribution in [0.2, 0.25) is 32.2 Å². The Morgan fingerprint density at radius 3 is 2.05 bits per heavy atom. The molecule has 10 atom stereocenters. The van der Waals surface area contributed by atoms with Gasteiger partial charge in [0.1, 0.15) is 12.1 Å². The predicted molar refractivity (Wildman–Crippen MR) is 295 cm³/mol. The first-order valence-corrected chi connectivity index (χ1v) is 33.7. The third-order valence-electron chi connectivity index (χ3n) is 14.5. The highest BCUT2D eigenvalue weighted by Crippen LogP contribution is 2.31. The van der Waals surface area contributed by atoms with E-state index in [0.29, 0.717) is 37.8 Å². The van der Waals surface area contributed by atoms with Crippen molar-refractivity contribution in [2.24, 2.45) is 23.7 Å². The van der Waals surface area contributed by atoms with Crippen LogP contribution in [-0.4, -0.2) is 159 Å². The Balaban J connectivity index is 1.66. The second-order valence-corrected chi connectivity index (χ2v) is 32.5. The van der Waals surface area contributed by atoms with Crippen molar-refractivity contribution in [3.63, 3.8) is 0 Å². The zero-order chi connectivity index (χ0) is 55.0. The van der Waals surface area contributed by atoms with Gasteiger partial charge in [-0.1, -0.05) is 103 Å². The van der Waals surface area contributed by atoms with Crippen LogP contribution in [0.1, 0.15) is 118 Å². The van der Waals surface area contributed by atoms with Gasteiger partial charge in [-0.3, -0.25) is 24.0 Å². The van der Waals surface area contributed by atoms with Gasteiger partial charge >= 0.3 is 0 Å². The number of likely N-dealkylation sites (N-methyl/N-ethyl adjacent to an activating group) is 2. The van der Waals surface area contributed by atoms with E-state index < -0.39 is 70.9 Å². The number of likely N-dealkylation sites (tertiary alicyclic amines) is 1. The van der Waals surface area contributed by atoms with Crippen LogP contribution < -0.4 is 10.6 Å². The molecule has 0 saturated carbocycles. The second kappa shape index (κ2) is 29.5. The minimum atomic E-state index is -2.03. The van der Waals surface area contributed by atoms with Crippen LogP contribution in [0.25, 0.3) is 0 Å². The minimum absolute atomic E-state index is 0.0199. The number of amides is 5. The minimum Gasteiger partial charge on any atom is -0.455 e. The molecule has 73 heavy (non-hydrogen) atoms.